The second kappa shape index (κ2) is 4.63. The molecule has 0 aromatic carbocycles. The van der Waals surface area contributed by atoms with Crippen LogP contribution in [-0.2, 0) is 6.54 Å². The lowest BCUT2D eigenvalue weighted by Crippen LogP contribution is -2.15. The number of halogens is 1. The SMILES string of the molecule is C=C(Cl)CNCc1cnc2cc(C)nn2c1. The highest BCUT2D eigenvalue weighted by molar-refractivity contribution is 6.29. The third-order valence-corrected chi connectivity index (χ3v) is 2.27. The van der Waals surface area contributed by atoms with E-state index in [0.29, 0.717) is 18.1 Å². The average molecular weight is 237 g/mol. The molecule has 2 heterocycles. The first-order valence-electron chi connectivity index (χ1n) is 5.00. The summed E-state index contributed by atoms with van der Waals surface area (Å²) in [7, 11) is 0. The minimum atomic E-state index is 0.595. The van der Waals surface area contributed by atoms with Gasteiger partial charge in [0.1, 0.15) is 0 Å². The molecule has 0 aliphatic carbocycles. The molecular formula is C11H13ClN4. The van der Waals surface area contributed by atoms with Gasteiger partial charge in [-0.25, -0.2) is 9.50 Å². The average Bonchev–Trinajstić information content (AvgIpc) is 2.56. The predicted molar refractivity (Wildman–Crippen MR) is 64.4 cm³/mol. The molecule has 0 saturated heterocycles. The number of fused-ring (bicyclic) bond motifs is 1. The zero-order valence-corrected chi connectivity index (χ0v) is 9.83. The molecule has 0 fully saturated rings. The molecule has 0 atom stereocenters. The fraction of sp³-hybridized carbons (Fsp3) is 0.273. The first kappa shape index (κ1) is 11.1. The summed E-state index contributed by atoms with van der Waals surface area (Å²) in [6, 6.07) is 1.94. The molecule has 2 aromatic heterocycles. The van der Waals surface area contributed by atoms with E-state index < -0.39 is 0 Å². The van der Waals surface area contributed by atoms with E-state index in [4.69, 9.17) is 11.6 Å². The zero-order valence-electron chi connectivity index (χ0n) is 9.07. The lowest BCUT2D eigenvalue weighted by atomic mass is 10.3. The van der Waals surface area contributed by atoms with E-state index in [2.05, 4.69) is 22.0 Å². The number of aromatic nitrogens is 3. The second-order valence-electron chi connectivity index (χ2n) is 3.67. The maximum absolute atomic E-state index is 5.65. The molecule has 0 aliphatic heterocycles. The standard InChI is InChI=1S/C11H13ClN4/c1-8(12)4-13-5-10-6-14-11-3-9(2)15-16(11)7-10/h3,6-7,13H,1,4-5H2,2H3. The normalized spacial score (nSPS) is 10.9. The Hall–Kier alpha value is -1.39. The fourth-order valence-electron chi connectivity index (χ4n) is 1.47. The van der Waals surface area contributed by atoms with Crippen LogP contribution in [0, 0.1) is 6.92 Å². The lowest BCUT2D eigenvalue weighted by Gasteiger charge is -2.03. The summed E-state index contributed by atoms with van der Waals surface area (Å²) < 4.78 is 1.78. The van der Waals surface area contributed by atoms with Crippen LogP contribution >= 0.6 is 11.6 Å². The molecular weight excluding hydrogens is 224 g/mol. The molecule has 5 heteroatoms. The Balaban J connectivity index is 2.10. The number of nitrogens with one attached hydrogen (secondary N) is 1. The molecule has 1 N–H and O–H groups in total. The number of rotatable bonds is 4. The van der Waals surface area contributed by atoms with Crippen molar-refractivity contribution in [2.24, 2.45) is 0 Å². The smallest absolute Gasteiger partial charge is 0.155 e. The summed E-state index contributed by atoms with van der Waals surface area (Å²) in [5, 5.41) is 8.06. The van der Waals surface area contributed by atoms with Crippen LogP contribution in [0.15, 0.2) is 30.1 Å². The lowest BCUT2D eigenvalue weighted by molar-refractivity contribution is 0.741. The molecule has 84 valence electrons. The van der Waals surface area contributed by atoms with Gasteiger partial charge in [0.05, 0.1) is 5.69 Å². The number of hydrogen-bond donors (Lipinski definition) is 1. The van der Waals surface area contributed by atoms with Gasteiger partial charge in [-0.2, -0.15) is 5.10 Å². The van der Waals surface area contributed by atoms with Crippen molar-refractivity contribution in [3.05, 3.63) is 41.3 Å². The summed E-state index contributed by atoms with van der Waals surface area (Å²) in [6.45, 7) is 6.85. The summed E-state index contributed by atoms with van der Waals surface area (Å²) in [5.74, 6) is 0. The van der Waals surface area contributed by atoms with Crippen LogP contribution in [-0.4, -0.2) is 21.1 Å². The van der Waals surface area contributed by atoms with E-state index in [9.17, 15) is 0 Å². The highest BCUT2D eigenvalue weighted by Crippen LogP contribution is 2.04. The molecule has 0 spiro atoms. The topological polar surface area (TPSA) is 42.2 Å². The van der Waals surface area contributed by atoms with Gasteiger partial charge < -0.3 is 5.32 Å². The van der Waals surface area contributed by atoms with Gasteiger partial charge in [0.2, 0.25) is 0 Å². The minimum Gasteiger partial charge on any atom is -0.308 e. The Morgan fingerprint density at radius 3 is 3.19 bits per heavy atom. The van der Waals surface area contributed by atoms with Crippen LogP contribution in [0.2, 0.25) is 0 Å². The van der Waals surface area contributed by atoms with Gasteiger partial charge >= 0.3 is 0 Å². The molecule has 0 bridgehead atoms. The van der Waals surface area contributed by atoms with Gasteiger partial charge in [-0.3, -0.25) is 0 Å². The number of aryl methyl sites for hydroxylation is 1. The molecule has 0 aliphatic rings. The van der Waals surface area contributed by atoms with Gasteiger partial charge in [-0.15, -0.1) is 0 Å². The molecule has 2 aromatic rings. The Labute approximate surface area is 98.9 Å². The van der Waals surface area contributed by atoms with E-state index in [1.165, 1.54) is 0 Å². The van der Waals surface area contributed by atoms with Crippen LogP contribution in [0.1, 0.15) is 11.3 Å². The van der Waals surface area contributed by atoms with E-state index in [0.717, 1.165) is 16.9 Å². The summed E-state index contributed by atoms with van der Waals surface area (Å²) in [4.78, 5) is 4.30. The van der Waals surface area contributed by atoms with Crippen molar-refractivity contribution in [1.82, 2.24) is 19.9 Å². The molecule has 4 nitrogen and oxygen atoms in total. The summed E-state index contributed by atoms with van der Waals surface area (Å²) >= 11 is 5.65. The van der Waals surface area contributed by atoms with E-state index >= 15 is 0 Å². The van der Waals surface area contributed by atoms with E-state index in [1.807, 2.05) is 25.4 Å². The van der Waals surface area contributed by atoms with Crippen molar-refractivity contribution >= 4 is 17.2 Å². The van der Waals surface area contributed by atoms with E-state index in [1.54, 1.807) is 4.52 Å². The third kappa shape index (κ3) is 2.59. The van der Waals surface area contributed by atoms with Gasteiger partial charge in [0.15, 0.2) is 5.65 Å². The number of nitrogens with zero attached hydrogens (tertiary/aromatic N) is 3. The van der Waals surface area contributed by atoms with Crippen LogP contribution < -0.4 is 5.32 Å². The molecule has 0 saturated carbocycles. The van der Waals surface area contributed by atoms with Gasteiger partial charge in [0, 0.05) is 42.1 Å². The maximum atomic E-state index is 5.65. The van der Waals surface area contributed by atoms with Crippen LogP contribution in [0.3, 0.4) is 0 Å². The van der Waals surface area contributed by atoms with Gasteiger partial charge in [-0.05, 0) is 6.92 Å². The molecule has 0 amide bonds. The monoisotopic (exact) mass is 236 g/mol. The summed E-state index contributed by atoms with van der Waals surface area (Å²) in [6.07, 6.45) is 3.79. The van der Waals surface area contributed by atoms with Crippen molar-refractivity contribution in [2.45, 2.75) is 13.5 Å². The van der Waals surface area contributed by atoms with E-state index in [-0.39, 0.29) is 0 Å². The first-order chi connectivity index (χ1) is 7.65. The Bertz CT molecular complexity index is 518. The minimum absolute atomic E-state index is 0.595. The fourth-order valence-corrected chi connectivity index (χ4v) is 1.56. The highest BCUT2D eigenvalue weighted by atomic mass is 35.5. The predicted octanol–water partition coefficient (Wildman–Crippen LogP) is 1.88. The largest absolute Gasteiger partial charge is 0.308 e. The van der Waals surface area contributed by atoms with Gasteiger partial charge in [0.25, 0.3) is 0 Å². The van der Waals surface area contributed by atoms with Crippen molar-refractivity contribution in [3.63, 3.8) is 0 Å². The van der Waals surface area contributed by atoms with Crippen molar-refractivity contribution in [3.8, 4) is 0 Å². The zero-order chi connectivity index (χ0) is 11.5. The third-order valence-electron chi connectivity index (χ3n) is 2.13. The molecule has 2 rings (SSSR count). The molecule has 0 unspecified atom stereocenters. The maximum Gasteiger partial charge on any atom is 0.155 e. The van der Waals surface area contributed by atoms with Crippen LogP contribution in [0.5, 0.6) is 0 Å². The second-order valence-corrected chi connectivity index (χ2v) is 4.21. The van der Waals surface area contributed by atoms with Gasteiger partial charge in [-0.1, -0.05) is 18.2 Å². The Kier molecular flexibility index (Phi) is 3.22. The van der Waals surface area contributed by atoms with Crippen LogP contribution in [0.4, 0.5) is 0 Å². The number of hydrogen-bond acceptors (Lipinski definition) is 3. The summed E-state index contributed by atoms with van der Waals surface area (Å²) in [5.41, 5.74) is 2.89. The Morgan fingerprint density at radius 1 is 1.62 bits per heavy atom. The quantitative estimate of drug-likeness (QED) is 0.882. The molecule has 0 radical (unpaired) electrons. The molecule has 16 heavy (non-hydrogen) atoms. The van der Waals surface area contributed by atoms with Crippen molar-refractivity contribution in [1.29, 1.82) is 0 Å². The first-order valence-corrected chi connectivity index (χ1v) is 5.38. The highest BCUT2D eigenvalue weighted by Gasteiger charge is 2.00. The Morgan fingerprint density at radius 2 is 2.44 bits per heavy atom. The van der Waals surface area contributed by atoms with Crippen molar-refractivity contribution in [2.75, 3.05) is 6.54 Å². The van der Waals surface area contributed by atoms with Crippen molar-refractivity contribution < 1.29 is 0 Å². The van der Waals surface area contributed by atoms with Crippen LogP contribution in [0.25, 0.3) is 5.65 Å².